The molecule has 4 amide bonds. The fourth-order valence-corrected chi connectivity index (χ4v) is 5.30. The fraction of sp³-hybridized carbons (Fsp3) is 0.370. The fourth-order valence-electron chi connectivity index (χ4n) is 5.30. The lowest BCUT2D eigenvalue weighted by Crippen LogP contribution is -2.50. The molecule has 1 atom stereocenters. The highest BCUT2D eigenvalue weighted by molar-refractivity contribution is 6.09. The van der Waals surface area contributed by atoms with E-state index >= 15 is 0 Å². The van der Waals surface area contributed by atoms with Crippen molar-refractivity contribution in [2.75, 3.05) is 13.1 Å². The van der Waals surface area contributed by atoms with Crippen LogP contribution in [0, 0.1) is 5.92 Å². The third-order valence-electron chi connectivity index (χ3n) is 7.38. The van der Waals surface area contributed by atoms with Gasteiger partial charge in [0.05, 0.1) is 0 Å². The number of nitrogens with zero attached hydrogens (tertiary/aromatic N) is 1. The molecule has 7 nitrogen and oxygen atoms in total. The number of imide groups is 1. The number of H-pyrrole nitrogens is 1. The monoisotopic (exact) mass is 458 g/mol. The van der Waals surface area contributed by atoms with Crippen molar-refractivity contribution in [3.05, 3.63) is 71.9 Å². The molecular weight excluding hydrogens is 428 g/mol. The van der Waals surface area contributed by atoms with E-state index in [2.05, 4.69) is 28.6 Å². The number of urea groups is 1. The second-order valence-electron chi connectivity index (χ2n) is 9.64. The first-order valence-corrected chi connectivity index (χ1v) is 12.0. The van der Waals surface area contributed by atoms with Crippen LogP contribution in [0.25, 0.3) is 10.9 Å². The van der Waals surface area contributed by atoms with E-state index in [1.807, 2.05) is 54.7 Å². The van der Waals surface area contributed by atoms with Crippen LogP contribution in [0.4, 0.5) is 4.79 Å². The molecule has 1 saturated carbocycles. The first kappa shape index (κ1) is 22.2. The number of benzene rings is 2. The molecule has 1 spiro atoms. The van der Waals surface area contributed by atoms with Gasteiger partial charge in [-0.3, -0.25) is 14.5 Å². The first-order chi connectivity index (χ1) is 16.5. The molecule has 0 radical (unpaired) electrons. The summed E-state index contributed by atoms with van der Waals surface area (Å²) < 4.78 is 0. The quantitative estimate of drug-likeness (QED) is 0.489. The lowest BCUT2D eigenvalue weighted by Gasteiger charge is -2.33. The zero-order chi connectivity index (χ0) is 23.7. The number of aromatic nitrogens is 1. The van der Waals surface area contributed by atoms with Crippen LogP contribution in [0.2, 0.25) is 0 Å². The molecule has 2 heterocycles. The van der Waals surface area contributed by atoms with Gasteiger partial charge in [-0.05, 0) is 48.8 Å². The van der Waals surface area contributed by atoms with Gasteiger partial charge in [-0.15, -0.1) is 0 Å². The van der Waals surface area contributed by atoms with Crippen molar-refractivity contribution in [1.82, 2.24) is 20.5 Å². The summed E-state index contributed by atoms with van der Waals surface area (Å²) in [7, 11) is 0. The minimum atomic E-state index is -0.833. The first-order valence-electron chi connectivity index (χ1n) is 12.0. The van der Waals surface area contributed by atoms with Gasteiger partial charge in [-0.1, -0.05) is 55.5 Å². The molecule has 3 aromatic rings. The lowest BCUT2D eigenvalue weighted by atomic mass is 9.77. The third-order valence-corrected chi connectivity index (χ3v) is 7.38. The Bertz CT molecular complexity index is 1210. The van der Waals surface area contributed by atoms with Crippen LogP contribution < -0.4 is 10.6 Å². The zero-order valence-electron chi connectivity index (χ0n) is 19.3. The minimum absolute atomic E-state index is 0.0735. The Morgan fingerprint density at radius 1 is 1.09 bits per heavy atom. The van der Waals surface area contributed by atoms with Crippen LogP contribution in [-0.4, -0.2) is 46.4 Å². The maximum absolute atomic E-state index is 13.1. The number of amides is 4. The molecule has 1 unspecified atom stereocenters. The molecule has 176 valence electrons. The van der Waals surface area contributed by atoms with Crippen molar-refractivity contribution >= 4 is 28.7 Å². The van der Waals surface area contributed by atoms with E-state index in [4.69, 9.17) is 0 Å². The number of hydrogen-bond acceptors (Lipinski definition) is 3. The Hall–Kier alpha value is -3.61. The summed E-state index contributed by atoms with van der Waals surface area (Å²) in [5.41, 5.74) is 2.38. The van der Waals surface area contributed by atoms with Crippen LogP contribution in [0.3, 0.4) is 0 Å². The summed E-state index contributed by atoms with van der Waals surface area (Å²) in [5, 5.41) is 6.96. The maximum Gasteiger partial charge on any atom is 0.325 e. The molecule has 2 aromatic carbocycles. The van der Waals surface area contributed by atoms with E-state index in [-0.39, 0.29) is 24.3 Å². The highest BCUT2D eigenvalue weighted by Gasteiger charge is 2.52. The minimum Gasteiger partial charge on any atom is -0.361 e. The molecule has 1 aliphatic carbocycles. The summed E-state index contributed by atoms with van der Waals surface area (Å²) >= 11 is 0. The van der Waals surface area contributed by atoms with Gasteiger partial charge in [0.1, 0.15) is 12.1 Å². The second-order valence-corrected chi connectivity index (χ2v) is 9.64. The molecule has 2 aliphatic rings. The van der Waals surface area contributed by atoms with Gasteiger partial charge in [0.15, 0.2) is 0 Å². The number of fused-ring (bicyclic) bond motifs is 1. The SMILES string of the molecule is CC1CCC2(CC1)NC(=O)N(CC(=O)NCC(c1ccccc1)c1c[nH]c3ccccc13)C2=O. The van der Waals surface area contributed by atoms with E-state index in [9.17, 15) is 14.4 Å². The smallest absolute Gasteiger partial charge is 0.325 e. The predicted octanol–water partition coefficient (Wildman–Crippen LogP) is 3.92. The van der Waals surface area contributed by atoms with Crippen LogP contribution in [-0.2, 0) is 9.59 Å². The van der Waals surface area contributed by atoms with Gasteiger partial charge in [0, 0.05) is 29.6 Å². The van der Waals surface area contributed by atoms with Crippen LogP contribution in [0.1, 0.15) is 49.7 Å². The van der Waals surface area contributed by atoms with Crippen LogP contribution in [0.5, 0.6) is 0 Å². The molecule has 7 heteroatoms. The number of carbonyl (C=O) groups excluding carboxylic acids is 3. The van der Waals surface area contributed by atoms with Crippen LogP contribution >= 0.6 is 0 Å². The van der Waals surface area contributed by atoms with E-state index < -0.39 is 11.6 Å². The van der Waals surface area contributed by atoms with Crippen molar-refractivity contribution < 1.29 is 14.4 Å². The molecule has 1 aromatic heterocycles. The molecule has 3 N–H and O–H groups in total. The Balaban J connectivity index is 1.30. The van der Waals surface area contributed by atoms with Gasteiger partial charge < -0.3 is 15.6 Å². The van der Waals surface area contributed by atoms with E-state index in [1.54, 1.807) is 0 Å². The van der Waals surface area contributed by atoms with Crippen molar-refractivity contribution in [3.63, 3.8) is 0 Å². The van der Waals surface area contributed by atoms with E-state index in [0.29, 0.717) is 25.3 Å². The largest absolute Gasteiger partial charge is 0.361 e. The Morgan fingerprint density at radius 3 is 2.56 bits per heavy atom. The molecule has 34 heavy (non-hydrogen) atoms. The van der Waals surface area contributed by atoms with Gasteiger partial charge in [0.2, 0.25) is 5.91 Å². The predicted molar refractivity (Wildman–Crippen MR) is 130 cm³/mol. The highest BCUT2D eigenvalue weighted by atomic mass is 16.2. The third kappa shape index (κ3) is 4.06. The van der Waals surface area contributed by atoms with E-state index in [0.717, 1.165) is 39.8 Å². The normalized spacial score (nSPS) is 23.3. The number of aromatic amines is 1. The van der Waals surface area contributed by atoms with Gasteiger partial charge in [0.25, 0.3) is 5.91 Å². The Morgan fingerprint density at radius 2 is 1.79 bits per heavy atom. The lowest BCUT2D eigenvalue weighted by molar-refractivity contribution is -0.136. The van der Waals surface area contributed by atoms with Crippen molar-refractivity contribution in [1.29, 1.82) is 0 Å². The summed E-state index contributed by atoms with van der Waals surface area (Å²) in [6.07, 6.45) is 5.05. The average Bonchev–Trinajstić information content (AvgIpc) is 3.37. The number of rotatable bonds is 6. The van der Waals surface area contributed by atoms with Gasteiger partial charge in [-0.25, -0.2) is 4.79 Å². The average molecular weight is 459 g/mol. The van der Waals surface area contributed by atoms with Crippen molar-refractivity contribution in [2.45, 2.75) is 44.1 Å². The van der Waals surface area contributed by atoms with Crippen molar-refractivity contribution in [3.8, 4) is 0 Å². The Kier molecular flexibility index (Phi) is 5.86. The standard InChI is InChI=1S/C27H30N4O3/c1-18-11-13-27(14-12-18)25(33)31(26(34)30-27)17-24(32)29-15-21(19-7-3-2-4-8-19)22-16-28-23-10-6-5-9-20(22)23/h2-10,16,18,21,28H,11-15,17H2,1H3,(H,29,32)(H,30,34). The molecule has 2 fully saturated rings. The molecular formula is C27H30N4O3. The summed E-state index contributed by atoms with van der Waals surface area (Å²) in [5.74, 6) is -0.135. The number of carbonyl (C=O) groups is 3. The zero-order valence-corrected chi connectivity index (χ0v) is 19.3. The summed E-state index contributed by atoms with van der Waals surface area (Å²) in [6, 6.07) is 17.6. The molecule has 1 aliphatic heterocycles. The molecule has 5 rings (SSSR count). The highest BCUT2D eigenvalue weighted by Crippen LogP contribution is 2.36. The number of para-hydroxylation sites is 1. The van der Waals surface area contributed by atoms with Gasteiger partial charge >= 0.3 is 6.03 Å². The summed E-state index contributed by atoms with van der Waals surface area (Å²) in [4.78, 5) is 42.9. The second kappa shape index (κ2) is 8.97. The number of nitrogens with one attached hydrogen (secondary N) is 3. The van der Waals surface area contributed by atoms with Crippen LogP contribution in [0.15, 0.2) is 60.8 Å². The van der Waals surface area contributed by atoms with Gasteiger partial charge in [-0.2, -0.15) is 0 Å². The van der Waals surface area contributed by atoms with Crippen molar-refractivity contribution in [2.24, 2.45) is 5.92 Å². The molecule has 0 bridgehead atoms. The maximum atomic E-state index is 13.1. The van der Waals surface area contributed by atoms with E-state index in [1.165, 1.54) is 0 Å². The topological polar surface area (TPSA) is 94.3 Å². The molecule has 1 saturated heterocycles. The summed E-state index contributed by atoms with van der Waals surface area (Å²) in [6.45, 7) is 2.25. The number of hydrogen-bond donors (Lipinski definition) is 3. The Labute approximate surface area is 198 Å².